The molecule has 3 N–H and O–H groups in total. The lowest BCUT2D eigenvalue weighted by molar-refractivity contribution is -0.132. The lowest BCUT2D eigenvalue weighted by atomic mass is 10.1. The minimum atomic E-state index is -0.462. The zero-order chi connectivity index (χ0) is 14.4. The molecule has 6 nitrogen and oxygen atoms in total. The van der Waals surface area contributed by atoms with Crippen LogP contribution in [0, 0.1) is 0 Å². The summed E-state index contributed by atoms with van der Waals surface area (Å²) in [5.41, 5.74) is 6.51. The van der Waals surface area contributed by atoms with Gasteiger partial charge in [-0.15, -0.1) is 12.4 Å². The Labute approximate surface area is 124 Å². The molecule has 1 rings (SSSR count). The molecule has 114 valence electrons. The van der Waals surface area contributed by atoms with E-state index in [1.165, 1.54) is 21.1 Å². The summed E-state index contributed by atoms with van der Waals surface area (Å²) in [6.07, 6.45) is 0.462. The second-order valence-electron chi connectivity index (χ2n) is 4.07. The molecule has 0 aromatic heterocycles. The molecule has 0 saturated heterocycles. The van der Waals surface area contributed by atoms with Crippen molar-refractivity contribution in [1.82, 2.24) is 0 Å². The van der Waals surface area contributed by atoms with E-state index in [0.717, 1.165) is 5.56 Å². The number of carbonyl (C=O) groups excluding carboxylic acids is 1. The summed E-state index contributed by atoms with van der Waals surface area (Å²) in [6, 6.07) is 3.04. The Bertz CT molecular complexity index is 427. The largest absolute Gasteiger partial charge is 0.493 e. The van der Waals surface area contributed by atoms with Crippen molar-refractivity contribution in [3.8, 4) is 17.2 Å². The number of methoxy groups -OCH3 is 2. The van der Waals surface area contributed by atoms with E-state index in [1.807, 2.05) is 0 Å². The summed E-state index contributed by atoms with van der Waals surface area (Å²) < 4.78 is 15.4. The first kappa shape index (κ1) is 18.5. The molecule has 7 heteroatoms. The van der Waals surface area contributed by atoms with Gasteiger partial charge in [0.25, 0.3) is 0 Å². The molecule has 20 heavy (non-hydrogen) atoms. The first-order valence-corrected chi connectivity index (χ1v) is 5.81. The number of hydrogen-bond acceptors (Lipinski definition) is 6. The van der Waals surface area contributed by atoms with E-state index < -0.39 is 5.97 Å². The Kier molecular flexibility index (Phi) is 7.98. The average molecular weight is 306 g/mol. The Balaban J connectivity index is 0.00000361. The van der Waals surface area contributed by atoms with Gasteiger partial charge in [-0.2, -0.15) is 0 Å². The van der Waals surface area contributed by atoms with Crippen molar-refractivity contribution in [2.75, 3.05) is 20.8 Å². The summed E-state index contributed by atoms with van der Waals surface area (Å²) >= 11 is 0. The van der Waals surface area contributed by atoms with Crippen LogP contribution in [0.15, 0.2) is 12.1 Å². The lowest BCUT2D eigenvalue weighted by Crippen LogP contribution is -2.26. The quantitative estimate of drug-likeness (QED) is 0.600. The van der Waals surface area contributed by atoms with Crippen LogP contribution in [0.5, 0.6) is 17.2 Å². The van der Waals surface area contributed by atoms with Gasteiger partial charge < -0.3 is 25.1 Å². The van der Waals surface area contributed by atoms with E-state index in [1.54, 1.807) is 12.1 Å². The van der Waals surface area contributed by atoms with Gasteiger partial charge in [0.2, 0.25) is 5.75 Å². The van der Waals surface area contributed by atoms with Crippen molar-refractivity contribution < 1.29 is 24.1 Å². The molecule has 0 heterocycles. The van der Waals surface area contributed by atoms with E-state index in [2.05, 4.69) is 0 Å². The Hall–Kier alpha value is -1.50. The van der Waals surface area contributed by atoms with Gasteiger partial charge in [0.1, 0.15) is 0 Å². The average Bonchev–Trinajstić information content (AvgIpc) is 2.39. The second-order valence-corrected chi connectivity index (χ2v) is 4.07. The summed E-state index contributed by atoms with van der Waals surface area (Å²) in [7, 11) is 2.94. The fourth-order valence-corrected chi connectivity index (χ4v) is 1.66. The molecule has 0 aliphatic carbocycles. The van der Waals surface area contributed by atoms with E-state index in [-0.39, 0.29) is 30.8 Å². The van der Waals surface area contributed by atoms with Gasteiger partial charge in [0.05, 0.1) is 20.8 Å². The van der Waals surface area contributed by atoms with Crippen LogP contribution < -0.4 is 19.9 Å². The third kappa shape index (κ3) is 4.88. The molecule has 0 fully saturated rings. The Morgan fingerprint density at radius 2 is 1.80 bits per heavy atom. The molecule has 0 spiro atoms. The Morgan fingerprint density at radius 1 is 1.30 bits per heavy atom. The number of aliphatic hydroxyl groups is 1. The smallest absolute Gasteiger partial charge is 0.308 e. The summed E-state index contributed by atoms with van der Waals surface area (Å²) in [5, 5.41) is 8.97. The van der Waals surface area contributed by atoms with Crippen molar-refractivity contribution in [3.63, 3.8) is 0 Å². The van der Waals surface area contributed by atoms with Gasteiger partial charge in [-0.05, 0) is 24.1 Å². The predicted molar refractivity (Wildman–Crippen MR) is 76.9 cm³/mol. The molecule has 0 aliphatic heterocycles. The molecular formula is C13H20ClNO5. The van der Waals surface area contributed by atoms with Crippen molar-refractivity contribution >= 4 is 18.4 Å². The SMILES string of the molecule is COc1cc(CC(N)CO)cc(OC)c1OC(C)=O.Cl. The normalized spacial score (nSPS) is 11.2. The highest BCUT2D eigenvalue weighted by molar-refractivity contribution is 5.85. The summed E-state index contributed by atoms with van der Waals surface area (Å²) in [5.74, 6) is 0.541. The van der Waals surface area contributed by atoms with Crippen molar-refractivity contribution in [2.45, 2.75) is 19.4 Å². The summed E-state index contributed by atoms with van der Waals surface area (Å²) in [4.78, 5) is 11.1. The van der Waals surface area contributed by atoms with Gasteiger partial charge >= 0.3 is 5.97 Å². The number of esters is 1. The molecule has 0 radical (unpaired) electrons. The number of rotatable bonds is 6. The number of nitrogens with two attached hydrogens (primary N) is 1. The maximum atomic E-state index is 11.1. The van der Waals surface area contributed by atoms with Crippen LogP contribution in [0.3, 0.4) is 0 Å². The molecule has 1 aromatic rings. The van der Waals surface area contributed by atoms with Gasteiger partial charge in [-0.3, -0.25) is 4.79 Å². The third-order valence-electron chi connectivity index (χ3n) is 2.50. The molecule has 1 atom stereocenters. The monoisotopic (exact) mass is 305 g/mol. The van der Waals surface area contributed by atoms with Crippen LogP contribution in [0.2, 0.25) is 0 Å². The molecule has 0 saturated carbocycles. The second kappa shape index (κ2) is 8.63. The van der Waals surface area contributed by atoms with Crippen molar-refractivity contribution in [3.05, 3.63) is 17.7 Å². The minimum Gasteiger partial charge on any atom is -0.493 e. The van der Waals surface area contributed by atoms with Crippen LogP contribution in [0.25, 0.3) is 0 Å². The van der Waals surface area contributed by atoms with Crippen LogP contribution in [-0.4, -0.2) is 37.9 Å². The van der Waals surface area contributed by atoms with Crippen LogP contribution in [0.1, 0.15) is 12.5 Å². The van der Waals surface area contributed by atoms with Crippen LogP contribution >= 0.6 is 12.4 Å². The maximum Gasteiger partial charge on any atom is 0.308 e. The highest BCUT2D eigenvalue weighted by atomic mass is 35.5. The molecule has 1 aromatic carbocycles. The highest BCUT2D eigenvalue weighted by Crippen LogP contribution is 2.38. The van der Waals surface area contributed by atoms with Gasteiger partial charge in [0, 0.05) is 13.0 Å². The number of aliphatic hydroxyl groups excluding tert-OH is 1. The van der Waals surface area contributed by atoms with E-state index in [4.69, 9.17) is 25.1 Å². The number of ether oxygens (including phenoxy) is 3. The van der Waals surface area contributed by atoms with Gasteiger partial charge in [0.15, 0.2) is 11.5 Å². The predicted octanol–water partition coefficient (Wildman–Crippen LogP) is 0.913. The lowest BCUT2D eigenvalue weighted by Gasteiger charge is -2.15. The molecule has 0 amide bonds. The van der Waals surface area contributed by atoms with Crippen molar-refractivity contribution in [2.24, 2.45) is 5.73 Å². The molecular weight excluding hydrogens is 286 g/mol. The first-order chi connectivity index (χ1) is 9.01. The minimum absolute atomic E-state index is 0. The van der Waals surface area contributed by atoms with E-state index in [0.29, 0.717) is 17.9 Å². The number of carbonyl (C=O) groups is 1. The molecule has 0 bridgehead atoms. The van der Waals surface area contributed by atoms with E-state index >= 15 is 0 Å². The highest BCUT2D eigenvalue weighted by Gasteiger charge is 2.17. The van der Waals surface area contributed by atoms with Gasteiger partial charge in [-0.1, -0.05) is 0 Å². The number of hydrogen-bond donors (Lipinski definition) is 2. The molecule has 0 aliphatic rings. The molecule has 1 unspecified atom stereocenters. The maximum absolute atomic E-state index is 11.1. The third-order valence-corrected chi connectivity index (χ3v) is 2.50. The van der Waals surface area contributed by atoms with Crippen LogP contribution in [0.4, 0.5) is 0 Å². The summed E-state index contributed by atoms with van der Waals surface area (Å²) in [6.45, 7) is 1.19. The topological polar surface area (TPSA) is 91.0 Å². The number of benzene rings is 1. The van der Waals surface area contributed by atoms with Crippen LogP contribution in [-0.2, 0) is 11.2 Å². The van der Waals surface area contributed by atoms with Gasteiger partial charge in [-0.25, -0.2) is 0 Å². The standard InChI is InChI=1S/C13H19NO5.ClH/c1-8(16)19-13-11(17-2)5-9(4-10(14)7-15)6-12(13)18-3;/h5-6,10,15H,4,7,14H2,1-3H3;1H. The zero-order valence-corrected chi connectivity index (χ0v) is 12.5. The van der Waals surface area contributed by atoms with E-state index in [9.17, 15) is 4.79 Å². The number of halogens is 1. The fourth-order valence-electron chi connectivity index (χ4n) is 1.66. The zero-order valence-electron chi connectivity index (χ0n) is 11.7. The van der Waals surface area contributed by atoms with Crippen molar-refractivity contribution in [1.29, 1.82) is 0 Å². The fraction of sp³-hybridized carbons (Fsp3) is 0.462. The Morgan fingerprint density at radius 3 is 2.15 bits per heavy atom. The first-order valence-electron chi connectivity index (χ1n) is 5.81.